The van der Waals surface area contributed by atoms with E-state index in [-0.39, 0.29) is 11.8 Å². The van der Waals surface area contributed by atoms with Crippen molar-refractivity contribution in [2.75, 3.05) is 19.6 Å². The van der Waals surface area contributed by atoms with Crippen LogP contribution in [0, 0.1) is 5.92 Å². The molecule has 2 atom stereocenters. The summed E-state index contributed by atoms with van der Waals surface area (Å²) < 4.78 is 0. The fourth-order valence-corrected chi connectivity index (χ4v) is 5.13. The average Bonchev–Trinajstić information content (AvgIpc) is 3.31. The van der Waals surface area contributed by atoms with Crippen LogP contribution in [0.5, 0.6) is 0 Å². The minimum Gasteiger partial charge on any atom is -0.355 e. The van der Waals surface area contributed by atoms with Gasteiger partial charge in [0.05, 0.1) is 20.8 Å². The third-order valence-corrected chi connectivity index (χ3v) is 7.62. The lowest BCUT2D eigenvalue weighted by atomic mass is 9.91. The van der Waals surface area contributed by atoms with Crippen LogP contribution in [0.25, 0.3) is 0 Å². The van der Waals surface area contributed by atoms with Gasteiger partial charge >= 0.3 is 0 Å². The Balaban J connectivity index is 1.33. The lowest BCUT2D eigenvalue weighted by Gasteiger charge is -2.19. The Labute approximate surface area is 217 Å². The van der Waals surface area contributed by atoms with E-state index in [1.54, 1.807) is 0 Å². The van der Waals surface area contributed by atoms with Crippen LogP contribution in [-0.4, -0.2) is 35.3 Å². The van der Waals surface area contributed by atoms with Crippen molar-refractivity contribution in [1.29, 1.82) is 0 Å². The second-order valence-electron chi connectivity index (χ2n) is 8.89. The molecule has 4 rings (SSSR count). The fourth-order valence-electron chi connectivity index (χ4n) is 4.48. The number of benzene rings is 3. The molecule has 1 aliphatic rings. The van der Waals surface area contributed by atoms with Crippen LogP contribution in [0.1, 0.15) is 41.5 Å². The van der Waals surface area contributed by atoms with Crippen molar-refractivity contribution in [3.05, 3.63) is 105 Å². The number of hydrogen-bond acceptors (Lipinski definition) is 3. The number of rotatable bonds is 8. The first kappa shape index (κ1) is 24.9. The number of carbonyl (C=O) groups is 1. The summed E-state index contributed by atoms with van der Waals surface area (Å²) in [5, 5.41) is 4.35. The minimum atomic E-state index is -0.286. The number of nitrogens with zero attached hydrogens (tertiary/aromatic N) is 1. The SMILES string of the molecule is CC(C(=O)NCC1CCN(Cc2ccc(Cl)c(Cl)c2)C1)c1ccccc1C(=S)c1ccccc1. The zero-order valence-corrected chi connectivity index (χ0v) is 21.5. The Morgan fingerprint density at radius 3 is 2.56 bits per heavy atom. The molecule has 1 heterocycles. The Morgan fingerprint density at radius 1 is 1.06 bits per heavy atom. The molecular weight excluding hydrogens is 483 g/mol. The summed E-state index contributed by atoms with van der Waals surface area (Å²) in [7, 11) is 0. The number of amides is 1. The molecule has 1 N–H and O–H groups in total. The van der Waals surface area contributed by atoms with Crippen molar-refractivity contribution >= 4 is 46.2 Å². The van der Waals surface area contributed by atoms with Crippen LogP contribution >= 0.6 is 35.4 Å². The highest BCUT2D eigenvalue weighted by atomic mass is 35.5. The van der Waals surface area contributed by atoms with E-state index < -0.39 is 0 Å². The average molecular weight is 512 g/mol. The molecule has 0 bridgehead atoms. The van der Waals surface area contributed by atoms with E-state index in [2.05, 4.69) is 10.2 Å². The van der Waals surface area contributed by atoms with Crippen molar-refractivity contribution in [1.82, 2.24) is 10.2 Å². The maximum Gasteiger partial charge on any atom is 0.227 e. The summed E-state index contributed by atoms with van der Waals surface area (Å²) in [5.41, 5.74) is 4.05. The van der Waals surface area contributed by atoms with Gasteiger partial charge in [0, 0.05) is 19.6 Å². The molecule has 1 aliphatic heterocycles. The third-order valence-electron chi connectivity index (χ3n) is 6.43. The molecule has 1 amide bonds. The van der Waals surface area contributed by atoms with Gasteiger partial charge < -0.3 is 5.32 Å². The van der Waals surface area contributed by atoms with Crippen LogP contribution in [-0.2, 0) is 11.3 Å². The first-order valence-electron chi connectivity index (χ1n) is 11.5. The van der Waals surface area contributed by atoms with Gasteiger partial charge in [0.25, 0.3) is 0 Å². The molecular formula is C28H28Cl2N2OS. The largest absolute Gasteiger partial charge is 0.355 e. The van der Waals surface area contributed by atoms with Gasteiger partial charge in [-0.25, -0.2) is 0 Å². The van der Waals surface area contributed by atoms with Crippen molar-refractivity contribution in [2.45, 2.75) is 25.8 Å². The highest BCUT2D eigenvalue weighted by Gasteiger charge is 2.25. The van der Waals surface area contributed by atoms with Gasteiger partial charge in [-0.2, -0.15) is 0 Å². The highest BCUT2D eigenvalue weighted by Crippen LogP contribution is 2.26. The number of halogens is 2. The van der Waals surface area contributed by atoms with Gasteiger partial charge in [0.1, 0.15) is 0 Å². The van der Waals surface area contributed by atoms with Gasteiger partial charge in [0.2, 0.25) is 5.91 Å². The van der Waals surface area contributed by atoms with E-state index >= 15 is 0 Å². The second kappa shape index (κ2) is 11.5. The van der Waals surface area contributed by atoms with E-state index in [1.165, 1.54) is 0 Å². The van der Waals surface area contributed by atoms with Crippen molar-refractivity contribution in [2.24, 2.45) is 5.92 Å². The third kappa shape index (κ3) is 6.05. The first-order valence-corrected chi connectivity index (χ1v) is 12.7. The molecule has 3 nitrogen and oxygen atoms in total. The molecule has 0 spiro atoms. The lowest BCUT2D eigenvalue weighted by molar-refractivity contribution is -0.122. The van der Waals surface area contributed by atoms with Gasteiger partial charge in [-0.3, -0.25) is 9.69 Å². The minimum absolute atomic E-state index is 0.0336. The summed E-state index contributed by atoms with van der Waals surface area (Å²) in [6.07, 6.45) is 1.06. The van der Waals surface area contributed by atoms with E-state index in [9.17, 15) is 4.79 Å². The smallest absolute Gasteiger partial charge is 0.227 e. The normalized spacial score (nSPS) is 16.9. The molecule has 2 unspecified atom stereocenters. The predicted octanol–water partition coefficient (Wildman–Crippen LogP) is 6.50. The Hall–Kier alpha value is -2.24. The van der Waals surface area contributed by atoms with E-state index in [0.717, 1.165) is 53.2 Å². The lowest BCUT2D eigenvalue weighted by Crippen LogP contribution is -2.34. The zero-order valence-electron chi connectivity index (χ0n) is 19.1. The number of nitrogens with one attached hydrogen (secondary N) is 1. The fraction of sp³-hybridized carbons (Fsp3) is 0.286. The molecule has 1 fully saturated rings. The number of likely N-dealkylation sites (tertiary alicyclic amines) is 1. The van der Waals surface area contributed by atoms with Gasteiger partial charge in [0.15, 0.2) is 0 Å². The molecule has 0 saturated carbocycles. The molecule has 3 aromatic rings. The Morgan fingerprint density at radius 2 is 1.79 bits per heavy atom. The zero-order chi connectivity index (χ0) is 24.1. The Kier molecular flexibility index (Phi) is 8.38. The van der Waals surface area contributed by atoms with Crippen LogP contribution in [0.3, 0.4) is 0 Å². The molecule has 6 heteroatoms. The van der Waals surface area contributed by atoms with Crippen LogP contribution < -0.4 is 5.32 Å². The monoisotopic (exact) mass is 510 g/mol. The van der Waals surface area contributed by atoms with Crippen molar-refractivity contribution < 1.29 is 4.79 Å². The van der Waals surface area contributed by atoms with E-state index in [1.807, 2.05) is 79.7 Å². The summed E-state index contributed by atoms with van der Waals surface area (Å²) in [4.78, 5) is 16.2. The molecule has 3 aromatic carbocycles. The second-order valence-corrected chi connectivity index (χ2v) is 10.1. The molecule has 1 saturated heterocycles. The molecule has 34 heavy (non-hydrogen) atoms. The van der Waals surface area contributed by atoms with Crippen molar-refractivity contribution in [3.8, 4) is 0 Å². The van der Waals surface area contributed by atoms with Gasteiger partial charge in [-0.15, -0.1) is 0 Å². The first-order chi connectivity index (χ1) is 16.4. The summed E-state index contributed by atoms with van der Waals surface area (Å²) in [6.45, 7) is 5.41. The molecule has 176 valence electrons. The van der Waals surface area contributed by atoms with Crippen LogP contribution in [0.15, 0.2) is 72.8 Å². The standard InChI is InChI=1S/C28H28Cl2N2OS/c1-19(23-9-5-6-10-24(23)27(34)22-7-3-2-4-8-22)28(33)31-16-21-13-14-32(18-21)17-20-11-12-25(29)26(30)15-20/h2-12,15,19,21H,13-14,16-18H2,1H3,(H,31,33). The number of carbonyl (C=O) groups excluding carboxylic acids is 1. The highest BCUT2D eigenvalue weighted by molar-refractivity contribution is 7.81. The quantitative estimate of drug-likeness (QED) is 0.277. The predicted molar refractivity (Wildman–Crippen MR) is 145 cm³/mol. The summed E-state index contributed by atoms with van der Waals surface area (Å²) in [5.74, 6) is 0.178. The Bertz CT molecular complexity index is 1170. The maximum absolute atomic E-state index is 13.1. The summed E-state index contributed by atoms with van der Waals surface area (Å²) in [6, 6.07) is 23.7. The molecule has 0 radical (unpaired) electrons. The topological polar surface area (TPSA) is 32.3 Å². The van der Waals surface area contributed by atoms with Gasteiger partial charge in [-0.1, -0.05) is 96.1 Å². The van der Waals surface area contributed by atoms with Gasteiger partial charge in [-0.05, 0) is 60.2 Å². The number of hydrogen-bond donors (Lipinski definition) is 1. The van der Waals surface area contributed by atoms with E-state index in [0.29, 0.717) is 22.5 Å². The molecule has 0 aromatic heterocycles. The number of thiocarbonyl (C=S) groups is 1. The summed E-state index contributed by atoms with van der Waals surface area (Å²) >= 11 is 17.9. The van der Waals surface area contributed by atoms with Crippen LogP contribution in [0.2, 0.25) is 10.0 Å². The molecule has 0 aliphatic carbocycles. The maximum atomic E-state index is 13.1. The van der Waals surface area contributed by atoms with Crippen molar-refractivity contribution in [3.63, 3.8) is 0 Å². The van der Waals surface area contributed by atoms with Crippen LogP contribution in [0.4, 0.5) is 0 Å². The van der Waals surface area contributed by atoms with E-state index in [4.69, 9.17) is 35.4 Å².